The summed E-state index contributed by atoms with van der Waals surface area (Å²) in [5.74, 6) is -1.20. The summed E-state index contributed by atoms with van der Waals surface area (Å²) in [6.07, 6.45) is 3.05. The fourth-order valence-corrected chi connectivity index (χ4v) is 2.47. The van der Waals surface area contributed by atoms with Crippen LogP contribution in [0.5, 0.6) is 0 Å². The lowest BCUT2D eigenvalue weighted by Crippen LogP contribution is -2.22. The highest BCUT2D eigenvalue weighted by atomic mass is 35.5. The van der Waals surface area contributed by atoms with Gasteiger partial charge in [0.05, 0.1) is 6.54 Å². The molecule has 0 spiro atoms. The molecule has 8 nitrogen and oxygen atoms in total. The van der Waals surface area contributed by atoms with Gasteiger partial charge in [-0.2, -0.15) is 10.2 Å². The van der Waals surface area contributed by atoms with Gasteiger partial charge in [0.25, 0.3) is 0 Å². The van der Waals surface area contributed by atoms with Crippen molar-refractivity contribution in [2.24, 2.45) is 0 Å². The number of aromatic carboxylic acids is 1. The van der Waals surface area contributed by atoms with Crippen LogP contribution in [-0.2, 0) is 17.9 Å². The second-order valence-corrected chi connectivity index (χ2v) is 5.62. The summed E-state index contributed by atoms with van der Waals surface area (Å²) in [5.41, 5.74) is 0.854. The number of carboxylic acid groups (broad SMARTS) is 1. The molecule has 2 heterocycles. The van der Waals surface area contributed by atoms with E-state index in [1.54, 1.807) is 23.0 Å². The van der Waals surface area contributed by atoms with E-state index in [0.29, 0.717) is 17.4 Å². The van der Waals surface area contributed by atoms with Gasteiger partial charge in [0.15, 0.2) is 5.82 Å². The van der Waals surface area contributed by atoms with Gasteiger partial charge >= 0.3 is 5.97 Å². The molecule has 0 radical (unpaired) electrons. The predicted octanol–water partition coefficient (Wildman–Crippen LogP) is 2.12. The molecule has 1 aromatic carbocycles. The summed E-state index contributed by atoms with van der Waals surface area (Å²) in [7, 11) is 0. The Morgan fingerprint density at radius 3 is 2.76 bits per heavy atom. The summed E-state index contributed by atoms with van der Waals surface area (Å²) < 4.78 is 2.76. The van der Waals surface area contributed by atoms with Crippen LogP contribution in [0.1, 0.15) is 16.1 Å². The Morgan fingerprint density at radius 2 is 2.00 bits per heavy atom. The summed E-state index contributed by atoms with van der Waals surface area (Å²) in [4.78, 5) is 23.0. The zero-order chi connectivity index (χ0) is 17.8. The van der Waals surface area contributed by atoms with Crippen molar-refractivity contribution in [3.8, 4) is 0 Å². The third-order valence-electron chi connectivity index (χ3n) is 3.43. The molecule has 0 aliphatic heterocycles. The normalized spacial score (nSPS) is 10.6. The van der Waals surface area contributed by atoms with Crippen LogP contribution in [0.25, 0.3) is 0 Å². The Bertz CT molecular complexity index is 918. The molecule has 0 saturated carbocycles. The van der Waals surface area contributed by atoms with E-state index in [0.717, 1.165) is 10.2 Å². The number of benzene rings is 1. The molecule has 9 heteroatoms. The first-order valence-electron chi connectivity index (χ1n) is 7.35. The lowest BCUT2D eigenvalue weighted by Gasteiger charge is -2.05. The molecule has 0 bridgehead atoms. The second-order valence-electron chi connectivity index (χ2n) is 5.22. The average Bonchev–Trinajstić information content (AvgIpc) is 3.19. The Morgan fingerprint density at radius 1 is 1.20 bits per heavy atom. The molecule has 3 rings (SSSR count). The highest BCUT2D eigenvalue weighted by Gasteiger charge is 2.14. The van der Waals surface area contributed by atoms with Gasteiger partial charge in [0.2, 0.25) is 5.91 Å². The first kappa shape index (κ1) is 16.7. The van der Waals surface area contributed by atoms with Crippen molar-refractivity contribution >= 4 is 29.3 Å². The maximum atomic E-state index is 12.0. The minimum Gasteiger partial charge on any atom is -0.477 e. The lowest BCUT2D eigenvalue weighted by atomic mass is 10.2. The molecule has 2 aromatic heterocycles. The maximum absolute atomic E-state index is 12.0. The molecule has 128 valence electrons. The molecular formula is C16H14ClN5O3. The van der Waals surface area contributed by atoms with E-state index in [-0.39, 0.29) is 12.2 Å². The largest absolute Gasteiger partial charge is 0.477 e. The molecule has 1 amide bonds. The Kier molecular flexibility index (Phi) is 4.80. The van der Waals surface area contributed by atoms with Gasteiger partial charge in [-0.3, -0.25) is 9.48 Å². The van der Waals surface area contributed by atoms with Crippen molar-refractivity contribution in [2.45, 2.75) is 13.1 Å². The standard InChI is InChI=1S/C16H14ClN5O3/c17-12-4-2-1-3-11(12)9-21-8-6-14(20-21)19-15(23)10-22-13(16(24)25)5-7-18-22/h1-8H,9-10H2,(H,24,25)(H,19,20,23). The van der Waals surface area contributed by atoms with E-state index in [1.165, 1.54) is 12.3 Å². The van der Waals surface area contributed by atoms with Gasteiger partial charge in [-0.15, -0.1) is 0 Å². The van der Waals surface area contributed by atoms with Gasteiger partial charge in [0, 0.05) is 23.5 Å². The molecule has 0 fully saturated rings. The molecule has 0 unspecified atom stereocenters. The predicted molar refractivity (Wildman–Crippen MR) is 90.6 cm³/mol. The number of carbonyl (C=O) groups excluding carboxylic acids is 1. The summed E-state index contributed by atoms with van der Waals surface area (Å²) in [6.45, 7) is 0.254. The maximum Gasteiger partial charge on any atom is 0.354 e. The molecule has 0 aliphatic rings. The van der Waals surface area contributed by atoms with Crippen molar-refractivity contribution in [1.29, 1.82) is 0 Å². The van der Waals surface area contributed by atoms with Crippen LogP contribution in [0, 0.1) is 0 Å². The van der Waals surface area contributed by atoms with Crippen molar-refractivity contribution in [3.05, 3.63) is 65.1 Å². The number of aromatic nitrogens is 4. The second kappa shape index (κ2) is 7.18. The van der Waals surface area contributed by atoms with E-state index in [1.807, 2.05) is 18.2 Å². The highest BCUT2D eigenvalue weighted by Crippen LogP contribution is 2.16. The first-order valence-corrected chi connectivity index (χ1v) is 7.72. The number of anilines is 1. The monoisotopic (exact) mass is 359 g/mol. The number of nitrogens with one attached hydrogen (secondary N) is 1. The van der Waals surface area contributed by atoms with Crippen LogP contribution in [-0.4, -0.2) is 36.5 Å². The summed E-state index contributed by atoms with van der Waals surface area (Å²) in [6, 6.07) is 10.4. The SMILES string of the molecule is O=C(Cn1nccc1C(=O)O)Nc1ccn(Cc2ccccc2Cl)n1. The lowest BCUT2D eigenvalue weighted by molar-refractivity contribution is -0.116. The number of hydrogen-bond acceptors (Lipinski definition) is 4. The van der Waals surface area contributed by atoms with Crippen molar-refractivity contribution < 1.29 is 14.7 Å². The zero-order valence-corrected chi connectivity index (χ0v) is 13.7. The van der Waals surface area contributed by atoms with Crippen LogP contribution >= 0.6 is 11.6 Å². The van der Waals surface area contributed by atoms with Crippen LogP contribution in [0.4, 0.5) is 5.82 Å². The Hall–Kier alpha value is -3.13. The fraction of sp³-hybridized carbons (Fsp3) is 0.125. The van der Waals surface area contributed by atoms with Crippen LogP contribution in [0.3, 0.4) is 0 Å². The summed E-state index contributed by atoms with van der Waals surface area (Å²) >= 11 is 6.12. The average molecular weight is 360 g/mol. The zero-order valence-electron chi connectivity index (χ0n) is 13.0. The number of carboxylic acids is 1. The van der Waals surface area contributed by atoms with Gasteiger partial charge in [0.1, 0.15) is 12.2 Å². The minimum atomic E-state index is -1.14. The fourth-order valence-electron chi connectivity index (χ4n) is 2.28. The smallest absolute Gasteiger partial charge is 0.354 e. The third-order valence-corrected chi connectivity index (χ3v) is 3.80. The molecule has 3 aromatic rings. The van der Waals surface area contributed by atoms with Gasteiger partial charge in [-0.25, -0.2) is 9.48 Å². The van der Waals surface area contributed by atoms with Gasteiger partial charge in [-0.1, -0.05) is 29.8 Å². The van der Waals surface area contributed by atoms with Crippen LogP contribution in [0.15, 0.2) is 48.8 Å². The van der Waals surface area contributed by atoms with E-state index >= 15 is 0 Å². The Labute approximate surface area is 147 Å². The van der Waals surface area contributed by atoms with E-state index in [4.69, 9.17) is 16.7 Å². The van der Waals surface area contributed by atoms with Crippen molar-refractivity contribution in [1.82, 2.24) is 19.6 Å². The van der Waals surface area contributed by atoms with Gasteiger partial charge in [-0.05, 0) is 17.7 Å². The molecule has 0 aliphatic carbocycles. The van der Waals surface area contributed by atoms with Crippen LogP contribution < -0.4 is 5.32 Å². The molecule has 25 heavy (non-hydrogen) atoms. The van der Waals surface area contributed by atoms with Gasteiger partial charge < -0.3 is 10.4 Å². The number of halogens is 1. The molecule has 0 saturated heterocycles. The van der Waals surface area contributed by atoms with Crippen molar-refractivity contribution in [3.63, 3.8) is 0 Å². The number of amides is 1. The van der Waals surface area contributed by atoms with Crippen LogP contribution in [0.2, 0.25) is 5.02 Å². The molecule has 0 atom stereocenters. The van der Waals surface area contributed by atoms with E-state index < -0.39 is 11.9 Å². The third kappa shape index (κ3) is 4.04. The number of rotatable bonds is 6. The quantitative estimate of drug-likeness (QED) is 0.701. The topological polar surface area (TPSA) is 102 Å². The molecular weight excluding hydrogens is 346 g/mol. The number of nitrogens with zero attached hydrogens (tertiary/aromatic N) is 4. The van der Waals surface area contributed by atoms with Crippen molar-refractivity contribution in [2.75, 3.05) is 5.32 Å². The highest BCUT2D eigenvalue weighted by molar-refractivity contribution is 6.31. The van der Waals surface area contributed by atoms with E-state index in [9.17, 15) is 9.59 Å². The minimum absolute atomic E-state index is 0.0561. The number of hydrogen-bond donors (Lipinski definition) is 2. The Balaban J connectivity index is 1.63. The summed E-state index contributed by atoms with van der Waals surface area (Å²) in [5, 5.41) is 20.3. The number of carbonyl (C=O) groups is 2. The molecule has 2 N–H and O–H groups in total. The first-order chi connectivity index (χ1) is 12.0. The van der Waals surface area contributed by atoms with E-state index in [2.05, 4.69) is 15.5 Å².